The van der Waals surface area contributed by atoms with Gasteiger partial charge < -0.3 is 0 Å². The summed E-state index contributed by atoms with van der Waals surface area (Å²) in [6, 6.07) is 6.74. The molecule has 0 bridgehead atoms. The molecule has 0 aliphatic rings. The normalized spacial score (nSPS) is 14.5. The van der Waals surface area contributed by atoms with Gasteiger partial charge in [0.25, 0.3) is 0 Å². The molecule has 0 aliphatic heterocycles. The van der Waals surface area contributed by atoms with Gasteiger partial charge in [-0.3, -0.25) is 0 Å². The van der Waals surface area contributed by atoms with Crippen molar-refractivity contribution in [2.75, 3.05) is 0 Å². The summed E-state index contributed by atoms with van der Waals surface area (Å²) < 4.78 is 0. The Morgan fingerprint density at radius 3 is 2.50 bits per heavy atom. The molecule has 0 radical (unpaired) electrons. The highest BCUT2D eigenvalue weighted by molar-refractivity contribution is 5.55. The first-order valence-corrected chi connectivity index (χ1v) is 6.31. The topological polar surface area (TPSA) is 0 Å². The number of rotatable bonds is 5. The van der Waals surface area contributed by atoms with Crippen LogP contribution in [0.5, 0.6) is 0 Å². The number of hydrogen-bond donors (Lipinski definition) is 0. The van der Waals surface area contributed by atoms with Crippen LogP contribution in [0.25, 0.3) is 6.08 Å². The van der Waals surface area contributed by atoms with Crippen molar-refractivity contribution >= 4 is 6.08 Å². The molecule has 1 aromatic rings. The van der Waals surface area contributed by atoms with E-state index >= 15 is 0 Å². The quantitative estimate of drug-likeness (QED) is 0.642. The zero-order chi connectivity index (χ0) is 12.2. The minimum atomic E-state index is 0.298. The second-order valence-electron chi connectivity index (χ2n) is 4.96. The first-order chi connectivity index (χ1) is 7.57. The van der Waals surface area contributed by atoms with Gasteiger partial charge in [0.05, 0.1) is 0 Å². The van der Waals surface area contributed by atoms with Crippen LogP contribution in [-0.2, 0) is 5.41 Å². The molecule has 1 atom stereocenters. The Balaban J connectivity index is 3.23. The van der Waals surface area contributed by atoms with Gasteiger partial charge in [-0.25, -0.2) is 0 Å². The van der Waals surface area contributed by atoms with Crippen LogP contribution in [0, 0.1) is 6.92 Å². The minimum absolute atomic E-state index is 0.298. The van der Waals surface area contributed by atoms with Crippen molar-refractivity contribution in [3.63, 3.8) is 0 Å². The van der Waals surface area contributed by atoms with Crippen LogP contribution in [0.4, 0.5) is 0 Å². The van der Waals surface area contributed by atoms with E-state index in [-0.39, 0.29) is 0 Å². The standard InChI is InChI=1S/C16H24/c1-6-11-16(5,8-3)15-10-9-13(4)12-14(15)7-2/h7,9-10,12H,2,6,8,11H2,1,3-5H3. The van der Waals surface area contributed by atoms with E-state index in [1.54, 1.807) is 0 Å². The van der Waals surface area contributed by atoms with Crippen molar-refractivity contribution in [3.8, 4) is 0 Å². The summed E-state index contributed by atoms with van der Waals surface area (Å²) in [5.74, 6) is 0. The zero-order valence-electron chi connectivity index (χ0n) is 11.1. The molecule has 0 heteroatoms. The van der Waals surface area contributed by atoms with E-state index in [1.165, 1.54) is 36.0 Å². The highest BCUT2D eigenvalue weighted by atomic mass is 14.3. The number of hydrogen-bond acceptors (Lipinski definition) is 0. The predicted molar refractivity (Wildman–Crippen MR) is 73.8 cm³/mol. The Labute approximate surface area is 100 Å². The van der Waals surface area contributed by atoms with Gasteiger partial charge in [-0.2, -0.15) is 0 Å². The highest BCUT2D eigenvalue weighted by Crippen LogP contribution is 2.35. The first kappa shape index (κ1) is 13.0. The summed E-state index contributed by atoms with van der Waals surface area (Å²) in [6.07, 6.45) is 5.65. The lowest BCUT2D eigenvalue weighted by molar-refractivity contribution is 0.413. The van der Waals surface area contributed by atoms with Gasteiger partial charge in [-0.05, 0) is 36.3 Å². The van der Waals surface area contributed by atoms with E-state index in [0.717, 1.165) is 0 Å². The fourth-order valence-electron chi connectivity index (χ4n) is 2.45. The third-order valence-electron chi connectivity index (χ3n) is 3.66. The average Bonchev–Trinajstić information content (AvgIpc) is 2.28. The van der Waals surface area contributed by atoms with Gasteiger partial charge in [0.1, 0.15) is 0 Å². The summed E-state index contributed by atoms with van der Waals surface area (Å²) in [6.45, 7) is 13.0. The molecule has 1 rings (SSSR count). The monoisotopic (exact) mass is 216 g/mol. The Hall–Kier alpha value is -1.04. The van der Waals surface area contributed by atoms with E-state index in [4.69, 9.17) is 0 Å². The molecule has 0 saturated heterocycles. The van der Waals surface area contributed by atoms with Gasteiger partial charge in [0.15, 0.2) is 0 Å². The fourth-order valence-corrected chi connectivity index (χ4v) is 2.45. The molecule has 1 aromatic carbocycles. The van der Waals surface area contributed by atoms with Crippen molar-refractivity contribution in [1.29, 1.82) is 0 Å². The van der Waals surface area contributed by atoms with Gasteiger partial charge in [-0.15, -0.1) is 0 Å². The lowest BCUT2D eigenvalue weighted by Gasteiger charge is -2.30. The molecule has 0 saturated carbocycles. The summed E-state index contributed by atoms with van der Waals surface area (Å²) >= 11 is 0. The van der Waals surface area contributed by atoms with Crippen LogP contribution in [0.3, 0.4) is 0 Å². The van der Waals surface area contributed by atoms with E-state index in [9.17, 15) is 0 Å². The molecule has 0 spiro atoms. The van der Waals surface area contributed by atoms with Crippen molar-refractivity contribution in [3.05, 3.63) is 41.5 Å². The smallest absolute Gasteiger partial charge is 0.00720 e. The van der Waals surface area contributed by atoms with Crippen LogP contribution >= 0.6 is 0 Å². The number of aryl methyl sites for hydroxylation is 1. The minimum Gasteiger partial charge on any atom is -0.0985 e. The third-order valence-corrected chi connectivity index (χ3v) is 3.66. The second kappa shape index (κ2) is 5.34. The zero-order valence-corrected chi connectivity index (χ0v) is 11.1. The molecule has 0 fully saturated rings. The molecule has 1 unspecified atom stereocenters. The molecule has 88 valence electrons. The van der Waals surface area contributed by atoms with Crippen molar-refractivity contribution in [1.82, 2.24) is 0 Å². The lowest BCUT2D eigenvalue weighted by Crippen LogP contribution is -2.21. The SMILES string of the molecule is C=Cc1cc(C)ccc1C(C)(CC)CCC. The Bertz CT molecular complexity index is 362. The van der Waals surface area contributed by atoms with Crippen LogP contribution < -0.4 is 0 Å². The van der Waals surface area contributed by atoms with Gasteiger partial charge >= 0.3 is 0 Å². The Morgan fingerprint density at radius 1 is 1.31 bits per heavy atom. The highest BCUT2D eigenvalue weighted by Gasteiger charge is 2.25. The van der Waals surface area contributed by atoms with Crippen molar-refractivity contribution in [2.45, 2.75) is 52.4 Å². The van der Waals surface area contributed by atoms with Gasteiger partial charge in [0.2, 0.25) is 0 Å². The van der Waals surface area contributed by atoms with Crippen LogP contribution in [0.2, 0.25) is 0 Å². The maximum Gasteiger partial charge on any atom is -0.00720 e. The van der Waals surface area contributed by atoms with Gasteiger partial charge in [-0.1, -0.05) is 63.6 Å². The fraction of sp³-hybridized carbons (Fsp3) is 0.500. The molecule has 0 aliphatic carbocycles. The third kappa shape index (κ3) is 2.55. The molecule has 0 aromatic heterocycles. The molecule has 0 nitrogen and oxygen atoms in total. The molecule has 16 heavy (non-hydrogen) atoms. The van der Waals surface area contributed by atoms with Crippen LogP contribution in [0.1, 0.15) is 56.7 Å². The largest absolute Gasteiger partial charge is 0.0985 e. The summed E-state index contributed by atoms with van der Waals surface area (Å²) in [4.78, 5) is 0. The molecular weight excluding hydrogens is 192 g/mol. The molecule has 0 amide bonds. The van der Waals surface area contributed by atoms with Crippen LogP contribution in [-0.4, -0.2) is 0 Å². The molecule has 0 N–H and O–H groups in total. The van der Waals surface area contributed by atoms with E-state index in [1.807, 2.05) is 6.08 Å². The van der Waals surface area contributed by atoms with E-state index in [2.05, 4.69) is 52.5 Å². The first-order valence-electron chi connectivity index (χ1n) is 6.31. The maximum absolute atomic E-state index is 3.94. The van der Waals surface area contributed by atoms with Crippen molar-refractivity contribution < 1.29 is 0 Å². The summed E-state index contributed by atoms with van der Waals surface area (Å²) in [5.41, 5.74) is 4.37. The molecule has 0 heterocycles. The second-order valence-corrected chi connectivity index (χ2v) is 4.96. The average molecular weight is 216 g/mol. The van der Waals surface area contributed by atoms with E-state index in [0.29, 0.717) is 5.41 Å². The Morgan fingerprint density at radius 2 is 2.00 bits per heavy atom. The summed E-state index contributed by atoms with van der Waals surface area (Å²) in [7, 11) is 0. The summed E-state index contributed by atoms with van der Waals surface area (Å²) in [5, 5.41) is 0. The van der Waals surface area contributed by atoms with Gasteiger partial charge in [0, 0.05) is 0 Å². The predicted octanol–water partition coefficient (Wildman–Crippen LogP) is 5.11. The van der Waals surface area contributed by atoms with E-state index < -0.39 is 0 Å². The molecular formula is C16H24. The van der Waals surface area contributed by atoms with Crippen LogP contribution in [0.15, 0.2) is 24.8 Å². The maximum atomic E-state index is 3.94. The number of benzene rings is 1. The Kier molecular flexibility index (Phi) is 4.35. The van der Waals surface area contributed by atoms with Crippen molar-refractivity contribution in [2.24, 2.45) is 0 Å². The lowest BCUT2D eigenvalue weighted by atomic mass is 9.74.